The van der Waals surface area contributed by atoms with Gasteiger partial charge in [0, 0.05) is 17.7 Å². The van der Waals surface area contributed by atoms with Crippen LogP contribution in [0.4, 0.5) is 0 Å². The predicted molar refractivity (Wildman–Crippen MR) is 79.4 cm³/mol. The van der Waals surface area contributed by atoms with Crippen LogP contribution < -0.4 is 10.5 Å². The normalized spacial score (nSPS) is 19.6. The van der Waals surface area contributed by atoms with Gasteiger partial charge in [0.2, 0.25) is 0 Å². The molecule has 0 saturated carbocycles. The molecule has 100 valence electrons. The Hall–Kier alpha value is -0.980. The summed E-state index contributed by atoms with van der Waals surface area (Å²) in [7, 11) is 1.89. The van der Waals surface area contributed by atoms with Crippen molar-refractivity contribution in [2.45, 2.75) is 17.0 Å². The van der Waals surface area contributed by atoms with E-state index in [-0.39, 0.29) is 12.1 Å². The number of para-hydroxylation sites is 1. The van der Waals surface area contributed by atoms with Crippen molar-refractivity contribution in [2.75, 3.05) is 5.75 Å². The van der Waals surface area contributed by atoms with E-state index in [2.05, 4.69) is 27.1 Å². The summed E-state index contributed by atoms with van der Waals surface area (Å²) in [5, 5.41) is 4.20. The van der Waals surface area contributed by atoms with Crippen LogP contribution in [0, 0.1) is 0 Å². The molecule has 19 heavy (non-hydrogen) atoms. The maximum Gasteiger partial charge on any atom is 0.133 e. The van der Waals surface area contributed by atoms with Gasteiger partial charge in [0.15, 0.2) is 0 Å². The minimum atomic E-state index is -0.206. The van der Waals surface area contributed by atoms with Crippen LogP contribution in [0.15, 0.2) is 39.8 Å². The first-order valence-corrected chi connectivity index (χ1v) is 7.76. The minimum absolute atomic E-state index is 0.0494. The van der Waals surface area contributed by atoms with Crippen molar-refractivity contribution in [3.8, 4) is 5.75 Å². The number of nitrogens with zero attached hydrogens (tertiary/aromatic N) is 2. The lowest BCUT2D eigenvalue weighted by atomic mass is 10.1. The molecule has 2 heterocycles. The molecule has 0 saturated heterocycles. The van der Waals surface area contributed by atoms with Crippen molar-refractivity contribution in [1.29, 1.82) is 0 Å². The van der Waals surface area contributed by atoms with E-state index in [1.165, 1.54) is 4.90 Å². The minimum Gasteiger partial charge on any atom is -0.486 e. The van der Waals surface area contributed by atoms with Crippen molar-refractivity contribution in [3.63, 3.8) is 0 Å². The summed E-state index contributed by atoms with van der Waals surface area (Å²) < 4.78 is 8.74. The Kier molecular flexibility index (Phi) is 3.56. The van der Waals surface area contributed by atoms with E-state index in [4.69, 9.17) is 10.5 Å². The highest BCUT2D eigenvalue weighted by Gasteiger charge is 2.29. The zero-order valence-electron chi connectivity index (χ0n) is 10.4. The number of aryl methyl sites for hydroxylation is 1. The third-order valence-corrected chi connectivity index (χ3v) is 4.94. The first-order valence-electron chi connectivity index (χ1n) is 5.98. The van der Waals surface area contributed by atoms with E-state index in [0.29, 0.717) is 0 Å². The summed E-state index contributed by atoms with van der Waals surface area (Å²) in [4.78, 5) is 1.18. The molecule has 2 aromatic rings. The van der Waals surface area contributed by atoms with Gasteiger partial charge < -0.3 is 10.5 Å². The number of ether oxygens (including phenoxy) is 1. The summed E-state index contributed by atoms with van der Waals surface area (Å²) >= 11 is 5.27. The maximum atomic E-state index is 6.34. The molecule has 0 aliphatic carbocycles. The largest absolute Gasteiger partial charge is 0.486 e. The molecule has 2 atom stereocenters. The second-order valence-corrected chi connectivity index (χ2v) is 6.36. The van der Waals surface area contributed by atoms with Gasteiger partial charge in [-0.25, -0.2) is 0 Å². The number of hydrogen-bond acceptors (Lipinski definition) is 4. The highest BCUT2D eigenvalue weighted by atomic mass is 79.9. The van der Waals surface area contributed by atoms with Crippen molar-refractivity contribution >= 4 is 27.7 Å². The average molecular weight is 340 g/mol. The van der Waals surface area contributed by atoms with E-state index < -0.39 is 0 Å². The first-order chi connectivity index (χ1) is 9.16. The van der Waals surface area contributed by atoms with E-state index in [1.54, 1.807) is 22.6 Å². The van der Waals surface area contributed by atoms with Crippen molar-refractivity contribution < 1.29 is 4.74 Å². The summed E-state index contributed by atoms with van der Waals surface area (Å²) in [6.45, 7) is 0. The average Bonchev–Trinajstić information content (AvgIpc) is 2.77. The number of nitrogens with two attached hydrogens (primary N) is 1. The Morgan fingerprint density at radius 2 is 2.32 bits per heavy atom. The monoisotopic (exact) mass is 339 g/mol. The second-order valence-electron chi connectivity index (χ2n) is 4.44. The molecule has 3 rings (SSSR count). The fourth-order valence-corrected chi connectivity index (χ4v) is 3.85. The third kappa shape index (κ3) is 2.40. The Morgan fingerprint density at radius 3 is 3.05 bits per heavy atom. The zero-order chi connectivity index (χ0) is 13.4. The SMILES string of the molecule is Cn1ncc(Br)c1C(N)C1CSc2ccccc2O1. The standard InChI is InChI=1S/C13H14BrN3OS/c1-17-13(8(14)6-16-17)12(15)10-7-19-11-5-3-2-4-9(11)18-10/h2-6,10,12H,7,15H2,1H3. The van der Waals surface area contributed by atoms with Gasteiger partial charge in [0.1, 0.15) is 11.9 Å². The lowest BCUT2D eigenvalue weighted by Gasteiger charge is -2.30. The molecule has 6 heteroatoms. The highest BCUT2D eigenvalue weighted by molar-refractivity contribution is 9.10. The molecule has 4 nitrogen and oxygen atoms in total. The zero-order valence-corrected chi connectivity index (χ0v) is 12.8. The number of aromatic nitrogens is 2. The van der Waals surface area contributed by atoms with Gasteiger partial charge in [-0.3, -0.25) is 4.68 Å². The molecule has 2 unspecified atom stereocenters. The number of fused-ring (bicyclic) bond motifs is 1. The lowest BCUT2D eigenvalue weighted by Crippen LogP contribution is -2.36. The van der Waals surface area contributed by atoms with Crippen molar-refractivity contribution in [1.82, 2.24) is 9.78 Å². The Morgan fingerprint density at radius 1 is 1.53 bits per heavy atom. The molecule has 1 aromatic carbocycles. The molecule has 1 aliphatic heterocycles. The van der Waals surface area contributed by atoms with E-state index in [9.17, 15) is 0 Å². The second kappa shape index (κ2) is 5.19. The quantitative estimate of drug-likeness (QED) is 0.913. The molecule has 0 fully saturated rings. The van der Waals surface area contributed by atoms with E-state index >= 15 is 0 Å². The molecule has 1 aromatic heterocycles. The van der Waals surface area contributed by atoms with Gasteiger partial charge in [-0.1, -0.05) is 12.1 Å². The van der Waals surface area contributed by atoms with Crippen LogP contribution in [-0.2, 0) is 7.05 Å². The molecule has 1 aliphatic rings. The van der Waals surface area contributed by atoms with Crippen molar-refractivity contribution in [2.24, 2.45) is 12.8 Å². The predicted octanol–water partition coefficient (Wildman–Crippen LogP) is 2.74. The maximum absolute atomic E-state index is 6.34. The lowest BCUT2D eigenvalue weighted by molar-refractivity contribution is 0.181. The fraction of sp³-hybridized carbons (Fsp3) is 0.308. The van der Waals surface area contributed by atoms with Crippen LogP contribution >= 0.6 is 27.7 Å². The Bertz CT molecular complexity index is 582. The van der Waals surface area contributed by atoms with Crippen LogP contribution in [0.1, 0.15) is 11.7 Å². The van der Waals surface area contributed by atoms with Crippen LogP contribution in [0.5, 0.6) is 5.75 Å². The summed E-state index contributed by atoms with van der Waals surface area (Å²) in [6, 6.07) is 7.85. The highest BCUT2D eigenvalue weighted by Crippen LogP contribution is 2.38. The smallest absolute Gasteiger partial charge is 0.133 e. The van der Waals surface area contributed by atoms with Crippen LogP contribution in [-0.4, -0.2) is 21.6 Å². The Labute approximate surface area is 124 Å². The fourth-order valence-electron chi connectivity index (χ4n) is 2.18. The van der Waals surface area contributed by atoms with E-state index in [0.717, 1.165) is 21.7 Å². The van der Waals surface area contributed by atoms with Crippen LogP contribution in [0.25, 0.3) is 0 Å². The van der Waals surface area contributed by atoms with Gasteiger partial charge in [0.25, 0.3) is 0 Å². The van der Waals surface area contributed by atoms with Gasteiger partial charge in [-0.15, -0.1) is 11.8 Å². The summed E-state index contributed by atoms with van der Waals surface area (Å²) in [5.41, 5.74) is 7.31. The third-order valence-electron chi connectivity index (χ3n) is 3.18. The molecule has 0 bridgehead atoms. The van der Waals surface area contributed by atoms with Crippen molar-refractivity contribution in [3.05, 3.63) is 40.6 Å². The van der Waals surface area contributed by atoms with Gasteiger partial charge in [-0.05, 0) is 28.1 Å². The summed E-state index contributed by atoms with van der Waals surface area (Å²) in [6.07, 6.45) is 1.71. The number of hydrogen-bond donors (Lipinski definition) is 1. The van der Waals surface area contributed by atoms with Crippen LogP contribution in [0.3, 0.4) is 0 Å². The molecular formula is C13H14BrN3OS. The number of thioether (sulfide) groups is 1. The first kappa shape index (κ1) is 13.0. The number of benzene rings is 1. The van der Waals surface area contributed by atoms with Gasteiger partial charge >= 0.3 is 0 Å². The molecule has 0 spiro atoms. The van der Waals surface area contributed by atoms with Crippen LogP contribution in [0.2, 0.25) is 0 Å². The van der Waals surface area contributed by atoms with E-state index in [1.807, 2.05) is 25.2 Å². The molecular weight excluding hydrogens is 326 g/mol. The molecule has 2 N–H and O–H groups in total. The van der Waals surface area contributed by atoms with Gasteiger partial charge in [0.05, 0.1) is 22.4 Å². The number of rotatable bonds is 2. The Balaban J connectivity index is 1.85. The number of halogens is 1. The molecule has 0 amide bonds. The molecule has 0 radical (unpaired) electrons. The van der Waals surface area contributed by atoms with Gasteiger partial charge in [-0.2, -0.15) is 5.10 Å². The summed E-state index contributed by atoms with van der Waals surface area (Å²) in [5.74, 6) is 1.76. The topological polar surface area (TPSA) is 53.1 Å².